The molecule has 1 fully saturated rings. The number of hydrogen-bond donors (Lipinski definition) is 2. The molecule has 0 spiro atoms. The number of hydrogen-bond acceptors (Lipinski definition) is 7. The van der Waals surface area contributed by atoms with Crippen LogP contribution < -0.4 is 14.8 Å². The number of benzene rings is 1. The number of methoxy groups -OCH3 is 1. The van der Waals surface area contributed by atoms with Gasteiger partial charge in [0.1, 0.15) is 4.32 Å². The molecule has 1 aromatic carbocycles. The van der Waals surface area contributed by atoms with Crippen LogP contribution in [0.2, 0.25) is 0 Å². The van der Waals surface area contributed by atoms with E-state index in [2.05, 4.69) is 5.32 Å². The standard InChI is InChI=1S/C27H38N2O6S2/c1-3-35-21-14-13-20(18-22(21)34-2)19-23-26(33)29(27(36)37-23)17-15-24(30)28-16-11-9-7-5-4-6-8-10-12-25(31)32/h13-14,18-19H,3-12,15-17H2,1-2H3,(H,28,30)(H,31,32)/b23-19+. The third-order valence-corrected chi connectivity index (χ3v) is 7.24. The topological polar surface area (TPSA) is 105 Å². The van der Waals surface area contributed by atoms with Crippen molar-refractivity contribution in [3.8, 4) is 11.5 Å². The molecule has 204 valence electrons. The van der Waals surface area contributed by atoms with Gasteiger partial charge in [-0.15, -0.1) is 0 Å². The second-order valence-corrected chi connectivity index (χ2v) is 10.4. The van der Waals surface area contributed by atoms with Crippen molar-refractivity contribution >= 4 is 52.2 Å². The molecule has 0 atom stereocenters. The van der Waals surface area contributed by atoms with Crippen LogP contribution in [0, 0.1) is 0 Å². The first kappa shape index (κ1) is 30.6. The largest absolute Gasteiger partial charge is 0.493 e. The lowest BCUT2D eigenvalue weighted by Crippen LogP contribution is -2.33. The first-order valence-corrected chi connectivity index (χ1v) is 14.1. The van der Waals surface area contributed by atoms with Gasteiger partial charge in [0, 0.05) is 25.9 Å². The molecule has 8 nitrogen and oxygen atoms in total. The van der Waals surface area contributed by atoms with E-state index in [1.807, 2.05) is 25.1 Å². The van der Waals surface area contributed by atoms with Gasteiger partial charge in [0.15, 0.2) is 11.5 Å². The molecule has 37 heavy (non-hydrogen) atoms. The average molecular weight is 551 g/mol. The SMILES string of the molecule is CCOc1ccc(/C=C2/SC(=S)N(CCC(=O)NCCCCCCCCCCC(=O)O)C2=O)cc1OC. The number of amides is 2. The number of unbranched alkanes of at least 4 members (excludes halogenated alkanes) is 7. The maximum Gasteiger partial charge on any atom is 0.303 e. The van der Waals surface area contributed by atoms with Crippen molar-refractivity contribution in [2.24, 2.45) is 0 Å². The Labute approximate surface area is 229 Å². The second-order valence-electron chi connectivity index (χ2n) is 8.75. The van der Waals surface area contributed by atoms with E-state index in [1.54, 1.807) is 13.2 Å². The number of nitrogens with zero attached hydrogens (tertiary/aromatic N) is 1. The van der Waals surface area contributed by atoms with Gasteiger partial charge < -0.3 is 19.9 Å². The number of nitrogens with one attached hydrogen (secondary N) is 1. The van der Waals surface area contributed by atoms with Crippen molar-refractivity contribution in [2.45, 2.75) is 71.1 Å². The maximum atomic E-state index is 12.9. The molecule has 0 unspecified atom stereocenters. The van der Waals surface area contributed by atoms with Gasteiger partial charge in [0.05, 0.1) is 18.6 Å². The zero-order valence-corrected chi connectivity index (χ0v) is 23.4. The first-order chi connectivity index (χ1) is 17.8. The van der Waals surface area contributed by atoms with Gasteiger partial charge in [-0.05, 0) is 43.5 Å². The molecular weight excluding hydrogens is 512 g/mol. The zero-order chi connectivity index (χ0) is 27.0. The van der Waals surface area contributed by atoms with Crippen molar-refractivity contribution in [1.29, 1.82) is 0 Å². The summed E-state index contributed by atoms with van der Waals surface area (Å²) in [4.78, 5) is 37.6. The van der Waals surface area contributed by atoms with Crippen LogP contribution in [0.25, 0.3) is 6.08 Å². The lowest BCUT2D eigenvalue weighted by atomic mass is 10.1. The number of carbonyl (C=O) groups is 3. The minimum absolute atomic E-state index is 0.0901. The number of carboxylic acids is 1. The molecule has 1 aliphatic rings. The highest BCUT2D eigenvalue weighted by Gasteiger charge is 2.32. The number of rotatable bonds is 18. The second kappa shape index (κ2) is 17.0. The van der Waals surface area contributed by atoms with Crippen LogP contribution in [0.1, 0.15) is 76.7 Å². The quantitative estimate of drug-likeness (QED) is 0.142. The van der Waals surface area contributed by atoms with E-state index in [0.29, 0.717) is 33.9 Å². The summed E-state index contributed by atoms with van der Waals surface area (Å²) in [5.74, 6) is 0.228. The lowest BCUT2D eigenvalue weighted by molar-refractivity contribution is -0.137. The summed E-state index contributed by atoms with van der Waals surface area (Å²) in [7, 11) is 1.57. The molecule has 10 heteroatoms. The molecule has 0 aromatic heterocycles. The predicted molar refractivity (Wildman–Crippen MR) is 151 cm³/mol. The van der Waals surface area contributed by atoms with Gasteiger partial charge in [-0.25, -0.2) is 0 Å². The number of aliphatic carboxylic acids is 1. The van der Waals surface area contributed by atoms with Crippen LogP contribution >= 0.6 is 24.0 Å². The fourth-order valence-electron chi connectivity index (χ4n) is 3.88. The fourth-order valence-corrected chi connectivity index (χ4v) is 5.19. The molecule has 0 bridgehead atoms. The van der Waals surface area contributed by atoms with Gasteiger partial charge in [-0.1, -0.05) is 68.6 Å². The summed E-state index contributed by atoms with van der Waals surface area (Å²) in [5, 5.41) is 11.5. The van der Waals surface area contributed by atoms with Crippen molar-refractivity contribution in [1.82, 2.24) is 10.2 Å². The van der Waals surface area contributed by atoms with Crippen molar-refractivity contribution in [2.75, 3.05) is 26.8 Å². The molecule has 1 heterocycles. The van der Waals surface area contributed by atoms with Gasteiger partial charge in [-0.3, -0.25) is 19.3 Å². The van der Waals surface area contributed by atoms with E-state index in [4.69, 9.17) is 26.8 Å². The molecule has 0 radical (unpaired) electrons. The highest BCUT2D eigenvalue weighted by molar-refractivity contribution is 8.26. The van der Waals surface area contributed by atoms with Crippen molar-refractivity contribution < 1.29 is 29.0 Å². The van der Waals surface area contributed by atoms with E-state index >= 15 is 0 Å². The summed E-state index contributed by atoms with van der Waals surface area (Å²) < 4.78 is 11.4. The minimum atomic E-state index is -0.723. The van der Waals surface area contributed by atoms with E-state index in [1.165, 1.54) is 16.7 Å². The van der Waals surface area contributed by atoms with Crippen LogP contribution in [-0.4, -0.2) is 58.9 Å². The summed E-state index contributed by atoms with van der Waals surface area (Å²) in [5.41, 5.74) is 0.803. The Morgan fingerprint density at radius 3 is 2.38 bits per heavy atom. The molecule has 0 aliphatic carbocycles. The van der Waals surface area contributed by atoms with Crippen molar-refractivity contribution in [3.63, 3.8) is 0 Å². The van der Waals surface area contributed by atoms with Crippen molar-refractivity contribution in [3.05, 3.63) is 28.7 Å². The molecule has 1 saturated heterocycles. The van der Waals surface area contributed by atoms with Crippen LogP contribution in [0.4, 0.5) is 0 Å². The molecular formula is C27H38N2O6S2. The third kappa shape index (κ3) is 11.1. The Balaban J connectivity index is 1.66. The Morgan fingerprint density at radius 1 is 1.05 bits per heavy atom. The Kier molecular flexibility index (Phi) is 14.1. The van der Waals surface area contributed by atoms with Crippen LogP contribution in [-0.2, 0) is 14.4 Å². The van der Waals surface area contributed by atoms with Gasteiger partial charge in [-0.2, -0.15) is 0 Å². The van der Waals surface area contributed by atoms with Crippen LogP contribution in [0.3, 0.4) is 0 Å². The van der Waals surface area contributed by atoms with Gasteiger partial charge in [0.25, 0.3) is 5.91 Å². The zero-order valence-electron chi connectivity index (χ0n) is 21.8. The summed E-state index contributed by atoms with van der Waals surface area (Å²) in [6, 6.07) is 5.48. The van der Waals surface area contributed by atoms with E-state index in [-0.39, 0.29) is 31.2 Å². The van der Waals surface area contributed by atoms with E-state index in [0.717, 1.165) is 56.9 Å². The highest BCUT2D eigenvalue weighted by atomic mass is 32.2. The highest BCUT2D eigenvalue weighted by Crippen LogP contribution is 2.34. The van der Waals surface area contributed by atoms with E-state index in [9.17, 15) is 14.4 Å². The monoisotopic (exact) mass is 550 g/mol. The summed E-state index contributed by atoms with van der Waals surface area (Å²) >= 11 is 6.61. The minimum Gasteiger partial charge on any atom is -0.493 e. The van der Waals surface area contributed by atoms with Gasteiger partial charge in [0.2, 0.25) is 5.91 Å². The first-order valence-electron chi connectivity index (χ1n) is 12.9. The number of thiocarbonyl (C=S) groups is 1. The molecule has 1 aliphatic heterocycles. The fraction of sp³-hybridized carbons (Fsp3) is 0.556. The number of carboxylic acid groups (broad SMARTS) is 1. The molecule has 1 aromatic rings. The number of thioether (sulfide) groups is 1. The smallest absolute Gasteiger partial charge is 0.303 e. The predicted octanol–water partition coefficient (Wildman–Crippen LogP) is 5.40. The Hall–Kier alpha value is -2.59. The van der Waals surface area contributed by atoms with Crippen LogP contribution in [0.5, 0.6) is 11.5 Å². The Bertz CT molecular complexity index is 966. The molecule has 2 amide bonds. The number of carbonyl (C=O) groups excluding carboxylic acids is 2. The third-order valence-electron chi connectivity index (χ3n) is 5.86. The molecule has 2 rings (SSSR count). The van der Waals surface area contributed by atoms with E-state index < -0.39 is 5.97 Å². The summed E-state index contributed by atoms with van der Waals surface area (Å²) in [6.07, 6.45) is 10.4. The van der Waals surface area contributed by atoms with Crippen LogP contribution in [0.15, 0.2) is 23.1 Å². The summed E-state index contributed by atoms with van der Waals surface area (Å²) in [6.45, 7) is 3.30. The van der Waals surface area contributed by atoms with Gasteiger partial charge >= 0.3 is 5.97 Å². The lowest BCUT2D eigenvalue weighted by Gasteiger charge is -2.14. The average Bonchev–Trinajstić information content (AvgIpc) is 3.13. The maximum absolute atomic E-state index is 12.9. The normalized spacial score (nSPS) is 14.3. The molecule has 2 N–H and O–H groups in total. The molecule has 0 saturated carbocycles. The Morgan fingerprint density at radius 2 is 1.73 bits per heavy atom. The number of ether oxygens (including phenoxy) is 2.